The second-order valence-electron chi connectivity index (χ2n) is 5.34. The smallest absolute Gasteiger partial charge is 0.243 e. The summed E-state index contributed by atoms with van der Waals surface area (Å²) in [6, 6.07) is 4.86. The van der Waals surface area contributed by atoms with Gasteiger partial charge in [0.05, 0.1) is 10.8 Å². The maximum atomic E-state index is 12.8. The van der Waals surface area contributed by atoms with Crippen molar-refractivity contribution in [3.8, 4) is 0 Å². The Morgan fingerprint density at radius 2 is 2.14 bits per heavy atom. The molecule has 1 saturated heterocycles. The van der Waals surface area contributed by atoms with Crippen LogP contribution in [0.5, 0.6) is 0 Å². The number of nitrogen functional groups attached to an aromatic ring is 1. The highest BCUT2D eigenvalue weighted by Crippen LogP contribution is 2.27. The molecular weight excluding hydrogens is 290 g/mol. The number of nitrogens with zero attached hydrogens (tertiary/aromatic N) is 1. The van der Waals surface area contributed by atoms with Crippen molar-refractivity contribution in [1.29, 1.82) is 0 Å². The first-order chi connectivity index (χ1) is 9.86. The summed E-state index contributed by atoms with van der Waals surface area (Å²) in [5, 5.41) is 2.59. The summed E-state index contributed by atoms with van der Waals surface area (Å²) >= 11 is 0. The third-order valence-electron chi connectivity index (χ3n) is 3.83. The highest BCUT2D eigenvalue weighted by molar-refractivity contribution is 7.89. The van der Waals surface area contributed by atoms with Gasteiger partial charge in [0.15, 0.2) is 0 Å². The fourth-order valence-electron chi connectivity index (χ4n) is 2.61. The molecule has 6 nitrogen and oxygen atoms in total. The molecule has 2 rings (SSSR count). The fourth-order valence-corrected chi connectivity index (χ4v) is 4.40. The molecule has 0 aliphatic carbocycles. The van der Waals surface area contributed by atoms with Gasteiger partial charge in [0.1, 0.15) is 0 Å². The molecule has 1 unspecified atom stereocenters. The topological polar surface area (TPSA) is 92.5 Å². The van der Waals surface area contributed by atoms with Crippen molar-refractivity contribution in [1.82, 2.24) is 9.62 Å². The number of anilines is 1. The van der Waals surface area contributed by atoms with Crippen molar-refractivity contribution in [3.05, 3.63) is 23.8 Å². The number of rotatable bonds is 3. The lowest BCUT2D eigenvalue weighted by Gasteiger charge is -2.31. The van der Waals surface area contributed by atoms with Crippen molar-refractivity contribution in [3.63, 3.8) is 0 Å². The Hall–Kier alpha value is -1.60. The third kappa shape index (κ3) is 3.19. The van der Waals surface area contributed by atoms with E-state index in [1.807, 2.05) is 0 Å². The predicted molar refractivity (Wildman–Crippen MR) is 81.1 cm³/mol. The average molecular weight is 311 g/mol. The maximum absolute atomic E-state index is 12.8. The number of carbonyl (C=O) groups is 1. The summed E-state index contributed by atoms with van der Waals surface area (Å²) in [6.07, 6.45) is 1.39. The van der Waals surface area contributed by atoms with Crippen LogP contribution in [-0.2, 0) is 14.8 Å². The largest absolute Gasteiger partial charge is 0.399 e. The first kappa shape index (κ1) is 15.8. The summed E-state index contributed by atoms with van der Waals surface area (Å²) in [4.78, 5) is 12.0. The monoisotopic (exact) mass is 311 g/mol. The summed E-state index contributed by atoms with van der Waals surface area (Å²) in [6.45, 7) is 2.40. The van der Waals surface area contributed by atoms with Gasteiger partial charge in [-0.3, -0.25) is 4.79 Å². The molecule has 1 aliphatic heterocycles. The SMILES string of the molecule is CNC(=O)C1CCCN(S(=O)(=O)c2cc(N)ccc2C)C1. The Morgan fingerprint density at radius 1 is 1.43 bits per heavy atom. The van der Waals surface area contributed by atoms with E-state index in [1.54, 1.807) is 26.1 Å². The molecule has 1 aliphatic rings. The zero-order chi connectivity index (χ0) is 15.6. The van der Waals surface area contributed by atoms with E-state index >= 15 is 0 Å². The molecule has 1 heterocycles. The second kappa shape index (κ2) is 6.03. The van der Waals surface area contributed by atoms with Crippen LogP contribution < -0.4 is 11.1 Å². The van der Waals surface area contributed by atoms with Crippen LogP contribution in [0.15, 0.2) is 23.1 Å². The van der Waals surface area contributed by atoms with E-state index in [9.17, 15) is 13.2 Å². The minimum Gasteiger partial charge on any atom is -0.399 e. The molecule has 0 saturated carbocycles. The van der Waals surface area contributed by atoms with Gasteiger partial charge in [-0.2, -0.15) is 4.31 Å². The molecule has 1 aromatic carbocycles. The number of carbonyl (C=O) groups excluding carboxylic acids is 1. The summed E-state index contributed by atoms with van der Waals surface area (Å²) in [5.74, 6) is -0.404. The Bertz CT molecular complexity index is 643. The van der Waals surface area contributed by atoms with E-state index in [0.29, 0.717) is 30.6 Å². The van der Waals surface area contributed by atoms with Crippen molar-refractivity contribution in [2.45, 2.75) is 24.7 Å². The van der Waals surface area contributed by atoms with E-state index in [0.717, 1.165) is 0 Å². The summed E-state index contributed by atoms with van der Waals surface area (Å²) in [7, 11) is -2.05. The lowest BCUT2D eigenvalue weighted by Crippen LogP contribution is -2.44. The summed E-state index contributed by atoms with van der Waals surface area (Å²) in [5.41, 5.74) is 6.78. The molecule has 1 amide bonds. The highest BCUT2D eigenvalue weighted by Gasteiger charge is 2.33. The molecule has 1 fully saturated rings. The molecule has 1 atom stereocenters. The third-order valence-corrected chi connectivity index (χ3v) is 5.84. The first-order valence-electron chi connectivity index (χ1n) is 6.94. The van der Waals surface area contributed by atoms with Crippen LogP contribution in [-0.4, -0.2) is 38.8 Å². The molecule has 116 valence electrons. The molecule has 1 aromatic rings. The van der Waals surface area contributed by atoms with Crippen molar-refractivity contribution in [2.24, 2.45) is 5.92 Å². The molecule has 0 radical (unpaired) electrons. The van der Waals surface area contributed by atoms with E-state index in [2.05, 4.69) is 5.32 Å². The number of aryl methyl sites for hydroxylation is 1. The van der Waals surface area contributed by atoms with Crippen LogP contribution >= 0.6 is 0 Å². The quantitative estimate of drug-likeness (QED) is 0.805. The van der Waals surface area contributed by atoms with Gasteiger partial charge in [-0.25, -0.2) is 8.42 Å². The normalized spacial score (nSPS) is 20.2. The van der Waals surface area contributed by atoms with Gasteiger partial charge < -0.3 is 11.1 Å². The Labute approximate surface area is 125 Å². The highest BCUT2D eigenvalue weighted by atomic mass is 32.2. The number of hydrogen-bond donors (Lipinski definition) is 2. The average Bonchev–Trinajstić information content (AvgIpc) is 2.49. The number of sulfonamides is 1. The van der Waals surface area contributed by atoms with Crippen LogP contribution in [0.1, 0.15) is 18.4 Å². The number of nitrogens with one attached hydrogen (secondary N) is 1. The number of amides is 1. The second-order valence-corrected chi connectivity index (χ2v) is 7.25. The van der Waals surface area contributed by atoms with Crippen LogP contribution in [0.3, 0.4) is 0 Å². The number of benzene rings is 1. The molecule has 7 heteroatoms. The minimum absolute atomic E-state index is 0.112. The van der Waals surface area contributed by atoms with E-state index in [4.69, 9.17) is 5.73 Å². The van der Waals surface area contributed by atoms with Gasteiger partial charge in [0, 0.05) is 25.8 Å². The zero-order valence-electron chi connectivity index (χ0n) is 12.3. The van der Waals surface area contributed by atoms with Gasteiger partial charge in [0.25, 0.3) is 0 Å². The number of piperidine rings is 1. The van der Waals surface area contributed by atoms with Gasteiger partial charge in [-0.15, -0.1) is 0 Å². The predicted octanol–water partition coefficient (Wildman–Crippen LogP) is 0.724. The van der Waals surface area contributed by atoms with Crippen LogP contribution in [0.25, 0.3) is 0 Å². The van der Waals surface area contributed by atoms with Crippen molar-refractivity contribution >= 4 is 21.6 Å². The van der Waals surface area contributed by atoms with Gasteiger partial charge >= 0.3 is 0 Å². The standard InChI is InChI=1S/C14H21N3O3S/c1-10-5-6-12(15)8-13(10)21(19,20)17-7-3-4-11(9-17)14(18)16-2/h5-6,8,11H,3-4,7,9,15H2,1-2H3,(H,16,18). The summed E-state index contributed by atoms with van der Waals surface area (Å²) < 4.78 is 26.9. The Kier molecular flexibility index (Phi) is 4.53. The maximum Gasteiger partial charge on any atom is 0.243 e. The molecular formula is C14H21N3O3S. The van der Waals surface area contributed by atoms with Crippen LogP contribution in [0.4, 0.5) is 5.69 Å². The number of hydrogen-bond acceptors (Lipinski definition) is 4. The minimum atomic E-state index is -3.62. The fraction of sp³-hybridized carbons (Fsp3) is 0.500. The molecule has 3 N–H and O–H groups in total. The molecule has 0 spiro atoms. The molecule has 0 bridgehead atoms. The van der Waals surface area contributed by atoms with E-state index in [-0.39, 0.29) is 23.3 Å². The Balaban J connectivity index is 2.31. The van der Waals surface area contributed by atoms with Crippen LogP contribution in [0.2, 0.25) is 0 Å². The zero-order valence-corrected chi connectivity index (χ0v) is 13.1. The number of nitrogens with two attached hydrogens (primary N) is 1. The van der Waals surface area contributed by atoms with Gasteiger partial charge in [-0.05, 0) is 37.5 Å². The lowest BCUT2D eigenvalue weighted by atomic mass is 9.99. The van der Waals surface area contributed by atoms with Gasteiger partial charge in [-0.1, -0.05) is 6.07 Å². The molecule has 0 aromatic heterocycles. The van der Waals surface area contributed by atoms with E-state index < -0.39 is 10.0 Å². The van der Waals surface area contributed by atoms with E-state index in [1.165, 1.54) is 10.4 Å². The van der Waals surface area contributed by atoms with Crippen molar-refractivity contribution < 1.29 is 13.2 Å². The van der Waals surface area contributed by atoms with Crippen LogP contribution in [0, 0.1) is 12.8 Å². The van der Waals surface area contributed by atoms with Crippen molar-refractivity contribution in [2.75, 3.05) is 25.9 Å². The first-order valence-corrected chi connectivity index (χ1v) is 8.38. The Morgan fingerprint density at radius 3 is 2.81 bits per heavy atom. The molecule has 21 heavy (non-hydrogen) atoms. The van der Waals surface area contributed by atoms with Gasteiger partial charge in [0.2, 0.25) is 15.9 Å². The lowest BCUT2D eigenvalue weighted by molar-refractivity contribution is -0.125.